The quantitative estimate of drug-likeness (QED) is 0.727. The predicted octanol–water partition coefficient (Wildman–Crippen LogP) is 0.768. The van der Waals surface area contributed by atoms with E-state index in [0.29, 0.717) is 13.1 Å². The predicted molar refractivity (Wildman–Crippen MR) is 47.7 cm³/mol. The van der Waals surface area contributed by atoms with Crippen LogP contribution in [0.15, 0.2) is 6.07 Å². The van der Waals surface area contributed by atoms with Crippen molar-refractivity contribution in [2.24, 2.45) is 0 Å². The van der Waals surface area contributed by atoms with Crippen LogP contribution in [0.3, 0.4) is 0 Å². The summed E-state index contributed by atoms with van der Waals surface area (Å²) < 4.78 is 1.78. The van der Waals surface area contributed by atoms with Crippen molar-refractivity contribution in [1.82, 2.24) is 15.1 Å². The van der Waals surface area contributed by atoms with Gasteiger partial charge in [-0.05, 0) is 19.9 Å². The first kappa shape index (κ1) is 9.57. The molecular weight excluding hydrogens is 170 g/mol. The van der Waals surface area contributed by atoms with Crippen LogP contribution in [0.1, 0.15) is 11.4 Å². The number of carboxylic acid groups (broad SMARTS) is 1. The number of nitrogens with one attached hydrogen (secondary N) is 1. The molecule has 0 radical (unpaired) electrons. The summed E-state index contributed by atoms with van der Waals surface area (Å²) >= 11 is 0. The summed E-state index contributed by atoms with van der Waals surface area (Å²) in [5.74, 6) is 0. The average Bonchev–Trinajstić information content (AvgIpc) is 2.29. The molecule has 1 rings (SSSR count). The Morgan fingerprint density at radius 1 is 1.69 bits per heavy atom. The number of aromatic nitrogens is 2. The molecule has 0 aliphatic heterocycles. The summed E-state index contributed by atoms with van der Waals surface area (Å²) in [6.45, 7) is 4.82. The zero-order valence-electron chi connectivity index (χ0n) is 7.74. The summed E-state index contributed by atoms with van der Waals surface area (Å²) in [7, 11) is 0. The van der Waals surface area contributed by atoms with Gasteiger partial charge < -0.3 is 10.4 Å². The highest BCUT2D eigenvalue weighted by molar-refractivity contribution is 5.64. The summed E-state index contributed by atoms with van der Waals surface area (Å²) in [5.41, 5.74) is 2.00. The number of nitrogens with zero attached hydrogens (tertiary/aromatic N) is 2. The molecule has 0 saturated heterocycles. The molecule has 1 heterocycles. The summed E-state index contributed by atoms with van der Waals surface area (Å²) in [6, 6.07) is 1.96. The molecular formula is C8H13N3O2. The van der Waals surface area contributed by atoms with Crippen LogP contribution in [0.4, 0.5) is 4.79 Å². The minimum Gasteiger partial charge on any atom is -0.465 e. The molecule has 72 valence electrons. The molecule has 0 unspecified atom stereocenters. The Morgan fingerprint density at radius 3 is 2.85 bits per heavy atom. The highest BCUT2D eigenvalue weighted by Crippen LogP contribution is 2.00. The Morgan fingerprint density at radius 2 is 2.38 bits per heavy atom. The van der Waals surface area contributed by atoms with Gasteiger partial charge in [0, 0.05) is 12.2 Å². The van der Waals surface area contributed by atoms with Gasteiger partial charge >= 0.3 is 6.09 Å². The van der Waals surface area contributed by atoms with Crippen molar-refractivity contribution in [3.63, 3.8) is 0 Å². The van der Waals surface area contributed by atoms with E-state index >= 15 is 0 Å². The van der Waals surface area contributed by atoms with Crippen LogP contribution in [0.5, 0.6) is 0 Å². The molecule has 0 bridgehead atoms. The van der Waals surface area contributed by atoms with Crippen LogP contribution < -0.4 is 5.32 Å². The molecule has 1 aromatic heterocycles. The lowest BCUT2D eigenvalue weighted by molar-refractivity contribution is 0.194. The van der Waals surface area contributed by atoms with Gasteiger partial charge in [-0.2, -0.15) is 5.10 Å². The smallest absolute Gasteiger partial charge is 0.404 e. The Kier molecular flexibility index (Phi) is 2.89. The highest BCUT2D eigenvalue weighted by Gasteiger charge is 2.00. The van der Waals surface area contributed by atoms with Gasteiger partial charge in [0.25, 0.3) is 0 Å². The zero-order valence-corrected chi connectivity index (χ0v) is 7.74. The number of carbonyl (C=O) groups is 1. The Bertz CT molecular complexity index is 306. The monoisotopic (exact) mass is 183 g/mol. The van der Waals surface area contributed by atoms with E-state index in [4.69, 9.17) is 5.11 Å². The third-order valence-corrected chi connectivity index (χ3v) is 1.70. The fraction of sp³-hybridized carbons (Fsp3) is 0.500. The number of hydrogen-bond acceptors (Lipinski definition) is 2. The lowest BCUT2D eigenvalue weighted by Gasteiger charge is -2.03. The van der Waals surface area contributed by atoms with Gasteiger partial charge in [-0.1, -0.05) is 0 Å². The largest absolute Gasteiger partial charge is 0.465 e. The van der Waals surface area contributed by atoms with Crippen molar-refractivity contribution >= 4 is 6.09 Å². The van der Waals surface area contributed by atoms with Crippen molar-refractivity contribution in [2.75, 3.05) is 6.54 Å². The van der Waals surface area contributed by atoms with Crippen LogP contribution in [0.25, 0.3) is 0 Å². The third-order valence-electron chi connectivity index (χ3n) is 1.70. The molecule has 0 aromatic carbocycles. The summed E-state index contributed by atoms with van der Waals surface area (Å²) in [5, 5.41) is 14.8. The molecule has 1 aromatic rings. The topological polar surface area (TPSA) is 67.2 Å². The molecule has 1 amide bonds. The van der Waals surface area contributed by atoms with Crippen molar-refractivity contribution in [3.8, 4) is 0 Å². The van der Waals surface area contributed by atoms with Crippen LogP contribution in [0, 0.1) is 13.8 Å². The maximum absolute atomic E-state index is 10.1. The van der Waals surface area contributed by atoms with E-state index in [9.17, 15) is 4.79 Å². The molecule has 2 N–H and O–H groups in total. The minimum atomic E-state index is -0.999. The van der Waals surface area contributed by atoms with Crippen molar-refractivity contribution in [3.05, 3.63) is 17.5 Å². The Balaban J connectivity index is 2.45. The molecule has 13 heavy (non-hydrogen) atoms. The van der Waals surface area contributed by atoms with Crippen molar-refractivity contribution in [2.45, 2.75) is 20.4 Å². The van der Waals surface area contributed by atoms with Gasteiger partial charge in [0.2, 0.25) is 0 Å². The fourth-order valence-electron chi connectivity index (χ4n) is 1.17. The van der Waals surface area contributed by atoms with E-state index in [2.05, 4.69) is 10.4 Å². The van der Waals surface area contributed by atoms with E-state index < -0.39 is 6.09 Å². The number of hydrogen-bond donors (Lipinski definition) is 2. The van der Waals surface area contributed by atoms with Gasteiger partial charge in [0.15, 0.2) is 0 Å². The zero-order chi connectivity index (χ0) is 9.84. The second kappa shape index (κ2) is 3.93. The van der Waals surface area contributed by atoms with E-state index in [-0.39, 0.29) is 0 Å². The van der Waals surface area contributed by atoms with Crippen LogP contribution >= 0.6 is 0 Å². The van der Waals surface area contributed by atoms with E-state index in [1.54, 1.807) is 4.68 Å². The lowest BCUT2D eigenvalue weighted by atomic mass is 10.4. The van der Waals surface area contributed by atoms with Crippen LogP contribution in [-0.2, 0) is 6.54 Å². The highest BCUT2D eigenvalue weighted by atomic mass is 16.4. The molecule has 0 saturated carbocycles. The first-order valence-electron chi connectivity index (χ1n) is 4.07. The minimum absolute atomic E-state index is 0.386. The van der Waals surface area contributed by atoms with Gasteiger partial charge in [0.05, 0.1) is 12.2 Å². The lowest BCUT2D eigenvalue weighted by Crippen LogP contribution is -2.25. The molecule has 5 heteroatoms. The van der Waals surface area contributed by atoms with E-state index in [1.807, 2.05) is 19.9 Å². The Labute approximate surface area is 76.4 Å². The second-order valence-electron chi connectivity index (χ2n) is 2.88. The number of amides is 1. The molecule has 0 fully saturated rings. The maximum atomic E-state index is 10.1. The van der Waals surface area contributed by atoms with Crippen LogP contribution in [-0.4, -0.2) is 27.5 Å². The van der Waals surface area contributed by atoms with Crippen molar-refractivity contribution in [1.29, 1.82) is 0 Å². The maximum Gasteiger partial charge on any atom is 0.404 e. The van der Waals surface area contributed by atoms with Gasteiger partial charge in [-0.25, -0.2) is 4.79 Å². The third kappa shape index (κ3) is 2.77. The van der Waals surface area contributed by atoms with Crippen LogP contribution in [0.2, 0.25) is 0 Å². The molecule has 5 nitrogen and oxygen atoms in total. The van der Waals surface area contributed by atoms with E-state index in [0.717, 1.165) is 11.4 Å². The van der Waals surface area contributed by atoms with E-state index in [1.165, 1.54) is 0 Å². The fourth-order valence-corrected chi connectivity index (χ4v) is 1.17. The molecule has 0 spiro atoms. The standard InChI is InChI=1S/C8H13N3O2/c1-6-5-7(2)11(10-6)4-3-9-8(12)13/h5,9H,3-4H2,1-2H3,(H,12,13). The van der Waals surface area contributed by atoms with Gasteiger partial charge in [0.1, 0.15) is 0 Å². The summed E-state index contributed by atoms with van der Waals surface area (Å²) in [4.78, 5) is 10.1. The molecule has 0 aliphatic rings. The second-order valence-corrected chi connectivity index (χ2v) is 2.88. The first-order chi connectivity index (χ1) is 6.09. The van der Waals surface area contributed by atoms with Gasteiger partial charge in [-0.3, -0.25) is 4.68 Å². The SMILES string of the molecule is Cc1cc(C)n(CCNC(=O)O)n1. The molecule has 0 atom stereocenters. The van der Waals surface area contributed by atoms with Gasteiger partial charge in [-0.15, -0.1) is 0 Å². The molecule has 0 aliphatic carbocycles. The summed E-state index contributed by atoms with van der Waals surface area (Å²) in [6.07, 6.45) is -0.999. The first-order valence-corrected chi connectivity index (χ1v) is 4.07. The number of aryl methyl sites for hydroxylation is 2. The van der Waals surface area contributed by atoms with Crippen molar-refractivity contribution < 1.29 is 9.90 Å². The normalized spacial score (nSPS) is 10.0. The Hall–Kier alpha value is -1.52. The number of rotatable bonds is 3. The average molecular weight is 183 g/mol.